The number of hydrogen-bond donors (Lipinski definition) is 0. The fraction of sp³-hybridized carbons (Fsp3) is 0.261. The van der Waals surface area contributed by atoms with Crippen LogP contribution in [-0.2, 0) is 6.42 Å². The van der Waals surface area contributed by atoms with Crippen molar-refractivity contribution in [2.45, 2.75) is 32.6 Å². The zero-order chi connectivity index (χ0) is 17.6. The molecule has 25 heavy (non-hydrogen) atoms. The Morgan fingerprint density at radius 3 is 1.96 bits per heavy atom. The number of benzene rings is 2. The lowest BCUT2D eigenvalue weighted by Crippen LogP contribution is -1.98. The van der Waals surface area contributed by atoms with Crippen LogP contribution in [-0.4, -0.2) is 12.1 Å². The Hall–Kier alpha value is -2.61. The molecule has 0 N–H and O–H groups in total. The van der Waals surface area contributed by atoms with Crippen LogP contribution in [0.4, 0.5) is 0 Å². The normalized spacial score (nSPS) is 12.0. The first-order valence-electron chi connectivity index (χ1n) is 8.90. The van der Waals surface area contributed by atoms with E-state index in [1.165, 1.54) is 27.9 Å². The molecule has 0 saturated heterocycles. The molecule has 128 valence electrons. The average molecular weight is 331 g/mol. The minimum absolute atomic E-state index is 0.341. The molecule has 2 heteroatoms. The fourth-order valence-electron chi connectivity index (χ4n) is 3.04. The summed E-state index contributed by atoms with van der Waals surface area (Å²) >= 11 is 0. The summed E-state index contributed by atoms with van der Waals surface area (Å²) < 4.78 is 5.22. The van der Waals surface area contributed by atoms with E-state index in [1.54, 1.807) is 7.11 Å². The molecule has 3 rings (SSSR count). The first kappa shape index (κ1) is 17.2. The standard InChI is InChI=1S/C23H25NO/c1-4-5-22-13-10-21(16-24-22)17(2)18-6-8-19(9-7-18)20-11-14-23(25-3)15-12-20/h6-17H,4-5H2,1-3H3. The Labute approximate surface area is 150 Å². The third-order valence-corrected chi connectivity index (χ3v) is 4.69. The smallest absolute Gasteiger partial charge is 0.118 e. The van der Waals surface area contributed by atoms with Gasteiger partial charge in [-0.2, -0.15) is 0 Å². The zero-order valence-corrected chi connectivity index (χ0v) is 15.2. The molecule has 1 aromatic heterocycles. The van der Waals surface area contributed by atoms with Crippen molar-refractivity contribution in [3.8, 4) is 16.9 Å². The van der Waals surface area contributed by atoms with Gasteiger partial charge in [-0.15, -0.1) is 0 Å². The van der Waals surface area contributed by atoms with Gasteiger partial charge in [-0.3, -0.25) is 4.98 Å². The van der Waals surface area contributed by atoms with Crippen molar-refractivity contribution in [1.82, 2.24) is 4.98 Å². The number of aryl methyl sites for hydroxylation is 1. The summed E-state index contributed by atoms with van der Waals surface area (Å²) in [6.45, 7) is 4.42. The number of ether oxygens (including phenoxy) is 1. The van der Waals surface area contributed by atoms with Crippen LogP contribution in [0.3, 0.4) is 0 Å². The Morgan fingerprint density at radius 2 is 1.44 bits per heavy atom. The Bertz CT molecular complexity index is 789. The molecule has 0 spiro atoms. The lowest BCUT2D eigenvalue weighted by Gasteiger charge is -2.13. The van der Waals surface area contributed by atoms with Crippen LogP contribution < -0.4 is 4.74 Å². The van der Waals surface area contributed by atoms with Crippen LogP contribution in [0.5, 0.6) is 5.75 Å². The summed E-state index contributed by atoms with van der Waals surface area (Å²) in [6, 6.07) is 21.3. The van der Waals surface area contributed by atoms with E-state index >= 15 is 0 Å². The van der Waals surface area contributed by atoms with E-state index < -0.39 is 0 Å². The van der Waals surface area contributed by atoms with Crippen molar-refractivity contribution in [3.05, 3.63) is 83.7 Å². The highest BCUT2D eigenvalue weighted by Gasteiger charge is 2.09. The third-order valence-electron chi connectivity index (χ3n) is 4.69. The molecule has 3 aromatic rings. The fourth-order valence-corrected chi connectivity index (χ4v) is 3.04. The Kier molecular flexibility index (Phi) is 5.49. The second-order valence-corrected chi connectivity index (χ2v) is 6.41. The first-order valence-corrected chi connectivity index (χ1v) is 8.90. The van der Waals surface area contributed by atoms with Crippen LogP contribution in [0.1, 0.15) is 43.0 Å². The second kappa shape index (κ2) is 7.98. The summed E-state index contributed by atoms with van der Waals surface area (Å²) in [5, 5.41) is 0. The van der Waals surface area contributed by atoms with Gasteiger partial charge < -0.3 is 4.74 Å². The van der Waals surface area contributed by atoms with Crippen LogP contribution in [0, 0.1) is 0 Å². The number of hydrogen-bond acceptors (Lipinski definition) is 2. The van der Waals surface area contributed by atoms with Crippen molar-refractivity contribution in [3.63, 3.8) is 0 Å². The molecular formula is C23H25NO. The van der Waals surface area contributed by atoms with Crippen LogP contribution in [0.2, 0.25) is 0 Å². The second-order valence-electron chi connectivity index (χ2n) is 6.41. The first-order chi connectivity index (χ1) is 12.2. The van der Waals surface area contributed by atoms with Crippen molar-refractivity contribution in [2.24, 2.45) is 0 Å². The largest absolute Gasteiger partial charge is 0.497 e. The van der Waals surface area contributed by atoms with Gasteiger partial charge in [0.15, 0.2) is 0 Å². The van der Waals surface area contributed by atoms with Gasteiger partial charge in [0.05, 0.1) is 7.11 Å². The average Bonchev–Trinajstić information content (AvgIpc) is 2.68. The van der Waals surface area contributed by atoms with Gasteiger partial charge in [-0.1, -0.05) is 62.7 Å². The third kappa shape index (κ3) is 4.08. The predicted octanol–water partition coefficient (Wildman–Crippen LogP) is 5.86. The molecule has 2 aromatic carbocycles. The SMILES string of the molecule is CCCc1ccc(C(C)c2ccc(-c3ccc(OC)cc3)cc2)cn1. The Morgan fingerprint density at radius 1 is 0.840 bits per heavy atom. The number of nitrogens with zero attached hydrogens (tertiary/aromatic N) is 1. The highest BCUT2D eigenvalue weighted by atomic mass is 16.5. The molecule has 1 atom stereocenters. The monoisotopic (exact) mass is 331 g/mol. The minimum atomic E-state index is 0.341. The molecule has 0 amide bonds. The van der Waals surface area contributed by atoms with Gasteiger partial charge in [-0.05, 0) is 46.9 Å². The van der Waals surface area contributed by atoms with Gasteiger partial charge in [0.1, 0.15) is 5.75 Å². The van der Waals surface area contributed by atoms with Gasteiger partial charge >= 0.3 is 0 Å². The number of rotatable bonds is 6. The number of pyridine rings is 1. The van der Waals surface area contributed by atoms with Crippen LogP contribution in [0.25, 0.3) is 11.1 Å². The lowest BCUT2D eigenvalue weighted by molar-refractivity contribution is 0.415. The predicted molar refractivity (Wildman–Crippen MR) is 104 cm³/mol. The molecule has 1 heterocycles. The van der Waals surface area contributed by atoms with Gasteiger partial charge in [0.2, 0.25) is 0 Å². The number of methoxy groups -OCH3 is 1. The molecule has 0 fully saturated rings. The van der Waals surface area contributed by atoms with E-state index in [4.69, 9.17) is 4.74 Å². The highest BCUT2D eigenvalue weighted by molar-refractivity contribution is 5.64. The summed E-state index contributed by atoms with van der Waals surface area (Å²) in [7, 11) is 1.69. The minimum Gasteiger partial charge on any atom is -0.497 e. The van der Waals surface area contributed by atoms with Crippen LogP contribution >= 0.6 is 0 Å². The highest BCUT2D eigenvalue weighted by Crippen LogP contribution is 2.27. The van der Waals surface area contributed by atoms with Crippen molar-refractivity contribution in [1.29, 1.82) is 0 Å². The molecule has 0 aliphatic rings. The van der Waals surface area contributed by atoms with E-state index in [9.17, 15) is 0 Å². The van der Waals surface area contributed by atoms with E-state index in [1.807, 2.05) is 18.3 Å². The molecule has 1 unspecified atom stereocenters. The quantitative estimate of drug-likeness (QED) is 0.564. The van der Waals surface area contributed by atoms with Crippen molar-refractivity contribution >= 4 is 0 Å². The van der Waals surface area contributed by atoms with Crippen molar-refractivity contribution < 1.29 is 4.74 Å². The summed E-state index contributed by atoms with van der Waals surface area (Å²) in [5.74, 6) is 1.22. The molecule has 0 bridgehead atoms. The Balaban J connectivity index is 1.76. The van der Waals surface area contributed by atoms with Gasteiger partial charge in [0.25, 0.3) is 0 Å². The summed E-state index contributed by atoms with van der Waals surface area (Å²) in [5.41, 5.74) is 6.16. The zero-order valence-electron chi connectivity index (χ0n) is 15.2. The number of aromatic nitrogens is 1. The van der Waals surface area contributed by atoms with E-state index in [0.29, 0.717) is 5.92 Å². The van der Waals surface area contributed by atoms with Crippen LogP contribution in [0.15, 0.2) is 66.9 Å². The van der Waals surface area contributed by atoms with Gasteiger partial charge in [-0.25, -0.2) is 0 Å². The van der Waals surface area contributed by atoms with E-state index in [-0.39, 0.29) is 0 Å². The van der Waals surface area contributed by atoms with Gasteiger partial charge in [0, 0.05) is 17.8 Å². The summed E-state index contributed by atoms with van der Waals surface area (Å²) in [4.78, 5) is 4.58. The molecule has 0 aliphatic carbocycles. The molecule has 0 saturated carbocycles. The molecular weight excluding hydrogens is 306 g/mol. The van der Waals surface area contributed by atoms with Crippen molar-refractivity contribution in [2.75, 3.05) is 7.11 Å². The maximum Gasteiger partial charge on any atom is 0.118 e. The lowest BCUT2D eigenvalue weighted by atomic mass is 9.92. The molecule has 2 nitrogen and oxygen atoms in total. The topological polar surface area (TPSA) is 22.1 Å². The maximum absolute atomic E-state index is 5.22. The molecule has 0 aliphatic heterocycles. The van der Waals surface area contributed by atoms with E-state index in [0.717, 1.165) is 18.6 Å². The van der Waals surface area contributed by atoms with E-state index in [2.05, 4.69) is 67.4 Å². The maximum atomic E-state index is 5.22. The summed E-state index contributed by atoms with van der Waals surface area (Å²) in [6.07, 6.45) is 4.20. The molecule has 0 radical (unpaired) electrons.